The highest BCUT2D eigenvalue weighted by Crippen LogP contribution is 2.12. The number of hydrogen-bond donors (Lipinski definition) is 0. The summed E-state index contributed by atoms with van der Waals surface area (Å²) in [5.41, 5.74) is 1.41. The highest BCUT2D eigenvalue weighted by atomic mass is 16.5. The molecule has 0 N–H and O–H groups in total. The Morgan fingerprint density at radius 3 is 2.35 bits per heavy atom. The molecule has 5 heteroatoms. The Morgan fingerprint density at radius 2 is 1.82 bits per heavy atom. The van der Waals surface area contributed by atoms with Gasteiger partial charge in [-0.2, -0.15) is 0 Å². The number of aromatic nitrogens is 2. The summed E-state index contributed by atoms with van der Waals surface area (Å²) in [6.45, 7) is 2.42. The van der Waals surface area contributed by atoms with Crippen LogP contribution in [0.25, 0.3) is 11.0 Å². The molecule has 0 amide bonds. The van der Waals surface area contributed by atoms with Crippen LogP contribution in [0, 0.1) is 0 Å². The number of fused-ring (bicyclic) bond motifs is 1. The van der Waals surface area contributed by atoms with Crippen molar-refractivity contribution in [1.82, 2.24) is 9.13 Å². The minimum Gasteiger partial charge on any atom is -0.468 e. The van der Waals surface area contributed by atoms with Crippen molar-refractivity contribution in [2.24, 2.45) is 0 Å². The smallest absolute Gasteiger partial charge is 0.329 e. The fourth-order valence-corrected chi connectivity index (χ4v) is 1.92. The molecule has 0 atom stereocenters. The lowest BCUT2D eigenvalue weighted by Crippen LogP contribution is -2.27. The zero-order chi connectivity index (χ0) is 12.4. The van der Waals surface area contributed by atoms with Crippen molar-refractivity contribution in [3.8, 4) is 0 Å². The summed E-state index contributed by atoms with van der Waals surface area (Å²) >= 11 is 0. The number of carbonyl (C=O) groups is 1. The number of carbonyl (C=O) groups excluding carboxylic acids is 1. The lowest BCUT2D eigenvalue weighted by atomic mass is 10.3. The van der Waals surface area contributed by atoms with E-state index >= 15 is 0 Å². The lowest BCUT2D eigenvalue weighted by Gasteiger charge is -2.00. The molecule has 0 bridgehead atoms. The van der Waals surface area contributed by atoms with Gasteiger partial charge in [0, 0.05) is 6.54 Å². The molecule has 90 valence electrons. The van der Waals surface area contributed by atoms with Crippen LogP contribution in [0.3, 0.4) is 0 Å². The summed E-state index contributed by atoms with van der Waals surface area (Å²) < 4.78 is 7.67. The van der Waals surface area contributed by atoms with E-state index in [1.165, 1.54) is 11.7 Å². The third kappa shape index (κ3) is 1.84. The number of benzene rings is 1. The van der Waals surface area contributed by atoms with Crippen molar-refractivity contribution in [2.75, 3.05) is 7.11 Å². The Hall–Kier alpha value is -2.04. The molecule has 0 fully saturated rings. The first-order chi connectivity index (χ1) is 8.19. The topological polar surface area (TPSA) is 53.2 Å². The van der Waals surface area contributed by atoms with Crippen LogP contribution >= 0.6 is 0 Å². The standard InChI is InChI=1S/C12H14N2O3/c1-3-13-9-6-4-5-7-10(9)14(12(13)16)8-11(15)17-2/h4-7H,3,8H2,1-2H3. The molecule has 0 aliphatic carbocycles. The van der Waals surface area contributed by atoms with Gasteiger partial charge in [0.05, 0.1) is 18.1 Å². The largest absolute Gasteiger partial charge is 0.468 e. The van der Waals surface area contributed by atoms with Crippen LogP contribution < -0.4 is 5.69 Å². The van der Waals surface area contributed by atoms with Gasteiger partial charge >= 0.3 is 11.7 Å². The van der Waals surface area contributed by atoms with E-state index in [-0.39, 0.29) is 12.2 Å². The van der Waals surface area contributed by atoms with Gasteiger partial charge in [-0.3, -0.25) is 13.9 Å². The average molecular weight is 234 g/mol. The summed E-state index contributed by atoms with van der Waals surface area (Å²) in [7, 11) is 1.31. The monoisotopic (exact) mass is 234 g/mol. The van der Waals surface area contributed by atoms with Crippen molar-refractivity contribution < 1.29 is 9.53 Å². The lowest BCUT2D eigenvalue weighted by molar-refractivity contribution is -0.141. The maximum absolute atomic E-state index is 12.1. The first-order valence-electron chi connectivity index (χ1n) is 5.44. The highest BCUT2D eigenvalue weighted by molar-refractivity contribution is 5.78. The number of hydrogen-bond acceptors (Lipinski definition) is 3. The number of esters is 1. The van der Waals surface area contributed by atoms with Crippen LogP contribution in [-0.2, 0) is 22.6 Å². The van der Waals surface area contributed by atoms with Crippen molar-refractivity contribution in [1.29, 1.82) is 0 Å². The van der Waals surface area contributed by atoms with E-state index in [0.717, 1.165) is 11.0 Å². The zero-order valence-electron chi connectivity index (χ0n) is 9.84. The van der Waals surface area contributed by atoms with E-state index in [2.05, 4.69) is 4.74 Å². The molecule has 17 heavy (non-hydrogen) atoms. The maximum Gasteiger partial charge on any atom is 0.329 e. The number of imidazole rings is 1. The summed E-state index contributed by atoms with van der Waals surface area (Å²) in [6, 6.07) is 7.41. The first kappa shape index (κ1) is 11.4. The Bertz CT molecular complexity index is 610. The third-order valence-electron chi connectivity index (χ3n) is 2.76. The van der Waals surface area contributed by atoms with Crippen LogP contribution in [-0.4, -0.2) is 22.2 Å². The van der Waals surface area contributed by atoms with Crippen LogP contribution in [0.5, 0.6) is 0 Å². The van der Waals surface area contributed by atoms with Crippen molar-refractivity contribution in [2.45, 2.75) is 20.0 Å². The molecule has 0 aliphatic heterocycles. The molecule has 0 aliphatic rings. The number of para-hydroxylation sites is 2. The van der Waals surface area contributed by atoms with Gasteiger partial charge in [-0.25, -0.2) is 4.79 Å². The minimum atomic E-state index is -0.425. The second-order valence-corrected chi connectivity index (χ2v) is 3.68. The summed E-state index contributed by atoms with van der Waals surface area (Å²) in [6.07, 6.45) is 0. The van der Waals surface area contributed by atoms with Gasteiger partial charge in [-0.1, -0.05) is 12.1 Å². The van der Waals surface area contributed by atoms with Crippen LogP contribution in [0.2, 0.25) is 0 Å². The third-order valence-corrected chi connectivity index (χ3v) is 2.76. The summed E-state index contributed by atoms with van der Waals surface area (Å²) in [5, 5.41) is 0. The molecule has 0 saturated heterocycles. The molecule has 0 unspecified atom stereocenters. The summed E-state index contributed by atoms with van der Waals surface area (Å²) in [4.78, 5) is 23.4. The molecular weight excluding hydrogens is 220 g/mol. The Kier molecular flexibility index (Phi) is 2.99. The zero-order valence-corrected chi connectivity index (χ0v) is 9.84. The van der Waals surface area contributed by atoms with E-state index in [4.69, 9.17) is 0 Å². The Morgan fingerprint density at radius 1 is 1.24 bits per heavy atom. The first-order valence-corrected chi connectivity index (χ1v) is 5.44. The van der Waals surface area contributed by atoms with Gasteiger partial charge in [0.15, 0.2) is 0 Å². The van der Waals surface area contributed by atoms with Gasteiger partial charge in [-0.05, 0) is 19.1 Å². The van der Waals surface area contributed by atoms with E-state index in [1.807, 2.05) is 31.2 Å². The molecule has 1 aromatic heterocycles. The van der Waals surface area contributed by atoms with Gasteiger partial charge in [-0.15, -0.1) is 0 Å². The van der Waals surface area contributed by atoms with Crippen molar-refractivity contribution in [3.63, 3.8) is 0 Å². The molecule has 2 rings (SSSR count). The Balaban J connectivity index is 2.66. The van der Waals surface area contributed by atoms with Gasteiger partial charge in [0.1, 0.15) is 6.54 Å². The van der Waals surface area contributed by atoms with Gasteiger partial charge < -0.3 is 4.74 Å². The second-order valence-electron chi connectivity index (χ2n) is 3.68. The quantitative estimate of drug-likeness (QED) is 0.744. The fraction of sp³-hybridized carbons (Fsp3) is 0.333. The second kappa shape index (κ2) is 4.45. The molecule has 1 heterocycles. The number of ether oxygens (including phenoxy) is 1. The van der Waals surface area contributed by atoms with E-state index in [1.54, 1.807) is 4.57 Å². The predicted molar refractivity (Wildman–Crippen MR) is 63.9 cm³/mol. The molecule has 0 saturated carbocycles. The fourth-order valence-electron chi connectivity index (χ4n) is 1.92. The number of aryl methyl sites for hydroxylation is 1. The molecule has 1 aromatic carbocycles. The number of rotatable bonds is 3. The van der Waals surface area contributed by atoms with Crippen LogP contribution in [0.1, 0.15) is 6.92 Å². The molecule has 0 spiro atoms. The van der Waals surface area contributed by atoms with E-state index < -0.39 is 5.97 Å². The van der Waals surface area contributed by atoms with E-state index in [0.29, 0.717) is 6.54 Å². The average Bonchev–Trinajstić information content (AvgIpc) is 2.62. The van der Waals surface area contributed by atoms with E-state index in [9.17, 15) is 9.59 Å². The highest BCUT2D eigenvalue weighted by Gasteiger charge is 2.13. The van der Waals surface area contributed by atoms with Crippen LogP contribution in [0.15, 0.2) is 29.1 Å². The normalized spacial score (nSPS) is 10.7. The van der Waals surface area contributed by atoms with Crippen molar-refractivity contribution >= 4 is 17.0 Å². The van der Waals surface area contributed by atoms with Gasteiger partial charge in [0.25, 0.3) is 0 Å². The van der Waals surface area contributed by atoms with Crippen LogP contribution in [0.4, 0.5) is 0 Å². The number of methoxy groups -OCH3 is 1. The summed E-state index contributed by atoms with van der Waals surface area (Å²) in [5.74, 6) is -0.425. The minimum absolute atomic E-state index is 0.0527. The molecular formula is C12H14N2O3. The maximum atomic E-state index is 12.1. The number of nitrogens with zero attached hydrogens (tertiary/aromatic N) is 2. The van der Waals surface area contributed by atoms with Gasteiger partial charge in [0.2, 0.25) is 0 Å². The SMILES string of the molecule is CCn1c(=O)n(CC(=O)OC)c2ccccc21. The van der Waals surface area contributed by atoms with Crippen molar-refractivity contribution in [3.05, 3.63) is 34.7 Å². The predicted octanol–water partition coefficient (Wildman–Crippen LogP) is 0.996. The molecule has 2 aromatic rings. The Labute approximate surface area is 98.2 Å². The molecule has 0 radical (unpaired) electrons. The molecule has 5 nitrogen and oxygen atoms in total.